The summed E-state index contributed by atoms with van der Waals surface area (Å²) in [5.74, 6) is 1.76. The van der Waals surface area contributed by atoms with E-state index in [4.69, 9.17) is 15.0 Å². The van der Waals surface area contributed by atoms with Gasteiger partial charge in [-0.15, -0.1) is 0 Å². The molecule has 0 aliphatic heterocycles. The zero-order valence-electron chi connectivity index (χ0n) is 34.0. The maximum absolute atomic E-state index is 5.40. The van der Waals surface area contributed by atoms with Crippen molar-refractivity contribution in [3.8, 4) is 51.2 Å². The van der Waals surface area contributed by atoms with E-state index in [1.54, 1.807) is 0 Å². The van der Waals surface area contributed by atoms with Gasteiger partial charge in [-0.2, -0.15) is 9.97 Å². The van der Waals surface area contributed by atoms with E-state index in [0.717, 1.165) is 77.5 Å². The molecule has 13 aromatic rings. The van der Waals surface area contributed by atoms with E-state index in [-0.39, 0.29) is 0 Å². The van der Waals surface area contributed by atoms with Crippen LogP contribution in [0, 0.1) is 0 Å². The van der Waals surface area contributed by atoms with Crippen molar-refractivity contribution in [1.82, 2.24) is 28.7 Å². The normalized spacial score (nSPS) is 11.8. The average molecular weight is 805 g/mol. The molecule has 6 nitrogen and oxygen atoms in total. The summed E-state index contributed by atoms with van der Waals surface area (Å²) in [4.78, 5) is 15.9. The Morgan fingerprint density at radius 2 is 0.651 bits per heavy atom. The molecular formula is C57H36N6. The first-order valence-electron chi connectivity index (χ1n) is 21.3. The molecule has 0 amide bonds. The fraction of sp³-hybridized carbons (Fsp3) is 0. The van der Waals surface area contributed by atoms with Crippen molar-refractivity contribution >= 4 is 65.4 Å². The van der Waals surface area contributed by atoms with E-state index >= 15 is 0 Å². The number of hydrogen-bond donors (Lipinski definition) is 0. The van der Waals surface area contributed by atoms with E-state index in [1.807, 2.05) is 24.3 Å². The van der Waals surface area contributed by atoms with Crippen LogP contribution in [0.2, 0.25) is 0 Å². The molecular weight excluding hydrogens is 769 g/mol. The van der Waals surface area contributed by atoms with Gasteiger partial charge in [-0.3, -0.25) is 4.57 Å². The van der Waals surface area contributed by atoms with Gasteiger partial charge in [-0.25, -0.2) is 4.98 Å². The third-order valence-corrected chi connectivity index (χ3v) is 12.5. The molecule has 0 bridgehead atoms. The van der Waals surface area contributed by atoms with Gasteiger partial charge < -0.3 is 9.13 Å². The van der Waals surface area contributed by atoms with Crippen molar-refractivity contribution in [2.45, 2.75) is 0 Å². The molecule has 0 atom stereocenters. The van der Waals surface area contributed by atoms with Crippen LogP contribution in [0.4, 0.5) is 0 Å². The quantitative estimate of drug-likeness (QED) is 0.168. The number of nitrogens with zero attached hydrogens (tertiary/aromatic N) is 6. The Bertz CT molecular complexity index is 3830. The minimum atomic E-state index is 0.548. The third-order valence-electron chi connectivity index (χ3n) is 12.5. The zero-order valence-corrected chi connectivity index (χ0v) is 34.0. The van der Waals surface area contributed by atoms with Gasteiger partial charge in [0, 0.05) is 49.1 Å². The largest absolute Gasteiger partial charge is 0.309 e. The summed E-state index contributed by atoms with van der Waals surface area (Å²) in [5, 5.41) is 7.01. The standard InChI is InChI=1S/C57H36N6/c1-4-18-37(19-5-1)38-32-34-40(35-33-38)56-58-55(39-20-6-2-7-21-39)59-57(60-56)63-49-31-17-13-27-45(49)53-51(63)36-50-52(44-26-12-16-30-48(44)61(50)41-22-8-3-9-23-41)54(53)62-46-28-14-10-24-42(46)43-25-11-15-29-47(43)62/h1-36H. The van der Waals surface area contributed by atoms with Crippen LogP contribution < -0.4 is 0 Å². The summed E-state index contributed by atoms with van der Waals surface area (Å²) in [6.07, 6.45) is 0. The molecule has 9 aromatic carbocycles. The highest BCUT2D eigenvalue weighted by molar-refractivity contribution is 6.27. The molecule has 0 saturated heterocycles. The van der Waals surface area contributed by atoms with E-state index in [2.05, 4.69) is 208 Å². The number of para-hydroxylation sites is 5. The zero-order chi connectivity index (χ0) is 41.4. The molecule has 6 heteroatoms. The van der Waals surface area contributed by atoms with Crippen molar-refractivity contribution in [2.24, 2.45) is 0 Å². The molecule has 0 radical (unpaired) electrons. The summed E-state index contributed by atoms with van der Waals surface area (Å²) in [6.45, 7) is 0. The second-order valence-electron chi connectivity index (χ2n) is 16.0. The Kier molecular flexibility index (Phi) is 7.80. The second-order valence-corrected chi connectivity index (χ2v) is 16.0. The Hall–Kier alpha value is -8.61. The van der Waals surface area contributed by atoms with Gasteiger partial charge in [0.1, 0.15) is 0 Å². The smallest absolute Gasteiger partial charge is 0.238 e. The van der Waals surface area contributed by atoms with Crippen LogP contribution in [-0.2, 0) is 0 Å². The highest BCUT2D eigenvalue weighted by Gasteiger charge is 2.27. The van der Waals surface area contributed by atoms with Gasteiger partial charge in [0.15, 0.2) is 11.6 Å². The van der Waals surface area contributed by atoms with Gasteiger partial charge in [0.05, 0.1) is 38.8 Å². The Morgan fingerprint density at radius 1 is 0.270 bits per heavy atom. The SMILES string of the molecule is c1ccc(-c2ccc(-c3nc(-c4ccccc4)nc(-n4c5ccccc5c5c(-n6c7ccccc7c7ccccc76)c6c7ccccc7n(-c7ccccc7)c6cc54)n3)cc2)cc1. The van der Waals surface area contributed by atoms with Crippen LogP contribution in [0.3, 0.4) is 0 Å². The first-order valence-corrected chi connectivity index (χ1v) is 21.3. The molecule has 0 saturated carbocycles. The van der Waals surface area contributed by atoms with Crippen molar-refractivity contribution < 1.29 is 0 Å². The number of rotatable bonds is 6. The van der Waals surface area contributed by atoms with E-state index < -0.39 is 0 Å². The van der Waals surface area contributed by atoms with Gasteiger partial charge >= 0.3 is 0 Å². The maximum atomic E-state index is 5.40. The molecule has 4 heterocycles. The average Bonchev–Trinajstić information content (AvgIpc) is 4.00. The monoisotopic (exact) mass is 804 g/mol. The lowest BCUT2D eigenvalue weighted by Crippen LogP contribution is -2.07. The van der Waals surface area contributed by atoms with Crippen molar-refractivity contribution in [3.63, 3.8) is 0 Å². The van der Waals surface area contributed by atoms with Gasteiger partial charge in [-0.05, 0) is 53.6 Å². The number of aromatic nitrogens is 6. The topological polar surface area (TPSA) is 53.5 Å². The van der Waals surface area contributed by atoms with Crippen molar-refractivity contribution in [2.75, 3.05) is 0 Å². The first-order chi connectivity index (χ1) is 31.3. The fourth-order valence-corrected chi connectivity index (χ4v) is 9.76. The molecule has 294 valence electrons. The predicted octanol–water partition coefficient (Wildman–Crippen LogP) is 14.2. The predicted molar refractivity (Wildman–Crippen MR) is 259 cm³/mol. The number of fused-ring (bicyclic) bond motifs is 9. The second kappa shape index (κ2) is 14.0. The summed E-state index contributed by atoms with van der Waals surface area (Å²) in [6, 6.07) is 77.3. The molecule has 0 aliphatic carbocycles. The van der Waals surface area contributed by atoms with Crippen LogP contribution in [0.15, 0.2) is 218 Å². The molecule has 63 heavy (non-hydrogen) atoms. The molecule has 0 spiro atoms. The Balaban J connectivity index is 1.19. The highest BCUT2D eigenvalue weighted by atomic mass is 15.2. The van der Waals surface area contributed by atoms with Crippen LogP contribution in [0.5, 0.6) is 0 Å². The molecule has 0 unspecified atom stereocenters. The van der Waals surface area contributed by atoms with Crippen LogP contribution in [-0.4, -0.2) is 28.7 Å². The minimum absolute atomic E-state index is 0.548. The number of benzene rings is 9. The summed E-state index contributed by atoms with van der Waals surface area (Å²) in [7, 11) is 0. The number of hydrogen-bond acceptors (Lipinski definition) is 3. The van der Waals surface area contributed by atoms with Gasteiger partial charge in [-0.1, -0.05) is 176 Å². The summed E-state index contributed by atoms with van der Waals surface area (Å²) >= 11 is 0. The van der Waals surface area contributed by atoms with Crippen LogP contribution >= 0.6 is 0 Å². The van der Waals surface area contributed by atoms with Gasteiger partial charge in [0.2, 0.25) is 5.95 Å². The Morgan fingerprint density at radius 3 is 1.21 bits per heavy atom. The first kappa shape index (κ1) is 35.2. The third kappa shape index (κ3) is 5.41. The summed E-state index contributed by atoms with van der Waals surface area (Å²) < 4.78 is 7.16. The lowest BCUT2D eigenvalue weighted by atomic mass is 10.0. The lowest BCUT2D eigenvalue weighted by molar-refractivity contribution is 0.953. The van der Waals surface area contributed by atoms with Gasteiger partial charge in [0.25, 0.3) is 0 Å². The van der Waals surface area contributed by atoms with Crippen LogP contribution in [0.25, 0.3) is 117 Å². The fourth-order valence-electron chi connectivity index (χ4n) is 9.76. The molecule has 0 aliphatic rings. The van der Waals surface area contributed by atoms with Crippen molar-refractivity contribution in [1.29, 1.82) is 0 Å². The molecule has 4 aromatic heterocycles. The van der Waals surface area contributed by atoms with E-state index in [9.17, 15) is 0 Å². The van der Waals surface area contributed by atoms with E-state index in [1.165, 1.54) is 21.5 Å². The summed E-state index contributed by atoms with van der Waals surface area (Å²) in [5.41, 5.74) is 12.9. The molecule has 0 fully saturated rings. The van der Waals surface area contributed by atoms with Crippen molar-refractivity contribution in [3.05, 3.63) is 218 Å². The Labute approximate surface area is 362 Å². The lowest BCUT2D eigenvalue weighted by Gasteiger charge is -2.15. The molecule has 13 rings (SSSR count). The van der Waals surface area contributed by atoms with Crippen LogP contribution in [0.1, 0.15) is 0 Å². The minimum Gasteiger partial charge on any atom is -0.309 e. The maximum Gasteiger partial charge on any atom is 0.238 e. The van der Waals surface area contributed by atoms with E-state index in [0.29, 0.717) is 17.6 Å². The highest BCUT2D eigenvalue weighted by Crippen LogP contribution is 2.47. The molecule has 0 N–H and O–H groups in total.